The van der Waals surface area contributed by atoms with E-state index in [2.05, 4.69) is 4.74 Å². The molecule has 0 fully saturated rings. The molecule has 0 aliphatic heterocycles. The molecule has 0 atom stereocenters. The molecule has 0 amide bonds. The van der Waals surface area contributed by atoms with Crippen molar-refractivity contribution in [1.82, 2.24) is 9.13 Å². The molecule has 0 unspecified atom stereocenters. The SMILES string of the molecule is COC(=O)CCn1c(C)cc(C(=O)COC(=O)Cn2ccccc2=O)c1C. The number of hydrogen-bond donors (Lipinski definition) is 0. The van der Waals surface area contributed by atoms with Gasteiger partial charge in [0.05, 0.1) is 13.5 Å². The number of ketones is 1. The van der Waals surface area contributed by atoms with Crippen LogP contribution in [0.1, 0.15) is 28.2 Å². The number of pyridine rings is 1. The minimum atomic E-state index is -0.670. The Bertz CT molecular complexity index is 909. The van der Waals surface area contributed by atoms with Gasteiger partial charge in [-0.15, -0.1) is 0 Å². The molecule has 0 aliphatic carbocycles. The smallest absolute Gasteiger partial charge is 0.326 e. The number of aromatic nitrogens is 2. The summed E-state index contributed by atoms with van der Waals surface area (Å²) >= 11 is 0. The highest BCUT2D eigenvalue weighted by Crippen LogP contribution is 2.16. The molecule has 144 valence electrons. The zero-order valence-electron chi connectivity index (χ0n) is 15.6. The fraction of sp³-hybridized carbons (Fsp3) is 0.368. The van der Waals surface area contributed by atoms with E-state index >= 15 is 0 Å². The molecule has 0 N–H and O–H groups in total. The van der Waals surface area contributed by atoms with Crippen molar-refractivity contribution in [2.24, 2.45) is 0 Å². The minimum absolute atomic E-state index is 0.196. The Balaban J connectivity index is 1.97. The molecule has 0 saturated heterocycles. The van der Waals surface area contributed by atoms with Crippen LogP contribution in [0.2, 0.25) is 0 Å². The first-order valence-electron chi connectivity index (χ1n) is 8.41. The second-order valence-corrected chi connectivity index (χ2v) is 6.01. The van der Waals surface area contributed by atoms with E-state index in [0.717, 1.165) is 5.69 Å². The van der Waals surface area contributed by atoms with Gasteiger partial charge in [-0.25, -0.2) is 0 Å². The van der Waals surface area contributed by atoms with Crippen molar-refractivity contribution >= 4 is 17.7 Å². The van der Waals surface area contributed by atoms with Crippen LogP contribution in [0.25, 0.3) is 0 Å². The van der Waals surface area contributed by atoms with Crippen LogP contribution in [0.5, 0.6) is 0 Å². The topological polar surface area (TPSA) is 96.6 Å². The van der Waals surface area contributed by atoms with Gasteiger partial charge in [-0.2, -0.15) is 0 Å². The molecule has 2 aromatic heterocycles. The normalized spacial score (nSPS) is 10.5. The van der Waals surface area contributed by atoms with Crippen molar-refractivity contribution in [2.75, 3.05) is 13.7 Å². The van der Waals surface area contributed by atoms with Gasteiger partial charge in [0, 0.05) is 35.8 Å². The quantitative estimate of drug-likeness (QED) is 0.510. The molecule has 2 rings (SSSR count). The standard InChI is InChI=1S/C19H22N2O6/c1-13-10-15(14(2)21(13)9-7-18(24)26-3)16(22)12-27-19(25)11-20-8-5-4-6-17(20)23/h4-6,8,10H,7,9,11-12H2,1-3H3. The molecule has 8 nitrogen and oxygen atoms in total. The summed E-state index contributed by atoms with van der Waals surface area (Å²) in [7, 11) is 1.32. The summed E-state index contributed by atoms with van der Waals surface area (Å²) in [5.41, 5.74) is 1.62. The van der Waals surface area contributed by atoms with E-state index < -0.39 is 12.6 Å². The van der Waals surface area contributed by atoms with E-state index in [0.29, 0.717) is 17.8 Å². The van der Waals surface area contributed by atoms with Crippen molar-refractivity contribution in [1.29, 1.82) is 0 Å². The number of carbonyl (C=O) groups excluding carboxylic acids is 3. The van der Waals surface area contributed by atoms with Crippen LogP contribution in [0.4, 0.5) is 0 Å². The van der Waals surface area contributed by atoms with Gasteiger partial charge in [0.25, 0.3) is 5.56 Å². The maximum atomic E-state index is 12.4. The van der Waals surface area contributed by atoms with Crippen LogP contribution in [-0.4, -0.2) is 40.6 Å². The van der Waals surface area contributed by atoms with Crippen molar-refractivity contribution in [2.45, 2.75) is 33.4 Å². The zero-order valence-corrected chi connectivity index (χ0v) is 15.6. The minimum Gasteiger partial charge on any atom is -0.469 e. The van der Waals surface area contributed by atoms with Crippen molar-refractivity contribution < 1.29 is 23.9 Å². The summed E-state index contributed by atoms with van der Waals surface area (Å²) in [4.78, 5) is 47.2. The number of nitrogens with zero attached hydrogens (tertiary/aromatic N) is 2. The molecule has 27 heavy (non-hydrogen) atoms. The van der Waals surface area contributed by atoms with E-state index in [9.17, 15) is 19.2 Å². The highest BCUT2D eigenvalue weighted by Gasteiger charge is 2.18. The van der Waals surface area contributed by atoms with Gasteiger partial charge in [-0.3, -0.25) is 19.2 Å². The molecule has 2 aromatic rings. The van der Waals surface area contributed by atoms with Crippen LogP contribution in [0.15, 0.2) is 35.3 Å². The highest BCUT2D eigenvalue weighted by molar-refractivity contribution is 5.99. The van der Waals surface area contributed by atoms with Crippen molar-refractivity contribution in [3.63, 3.8) is 0 Å². The van der Waals surface area contributed by atoms with Crippen molar-refractivity contribution in [3.05, 3.63) is 57.8 Å². The number of Topliss-reactive ketones (excluding diaryl/α,β-unsaturated/α-hetero) is 1. The molecule has 0 saturated carbocycles. The van der Waals surface area contributed by atoms with E-state index in [-0.39, 0.29) is 30.3 Å². The monoisotopic (exact) mass is 374 g/mol. The van der Waals surface area contributed by atoms with Crippen LogP contribution in [0.3, 0.4) is 0 Å². The molecular formula is C19H22N2O6. The number of aryl methyl sites for hydroxylation is 1. The molecule has 0 aromatic carbocycles. The Morgan fingerprint density at radius 1 is 1.11 bits per heavy atom. The third-order valence-electron chi connectivity index (χ3n) is 4.20. The fourth-order valence-electron chi connectivity index (χ4n) is 2.73. The lowest BCUT2D eigenvalue weighted by Crippen LogP contribution is -2.25. The lowest BCUT2D eigenvalue weighted by molar-refractivity contribution is -0.143. The van der Waals surface area contributed by atoms with Gasteiger partial charge in [-0.1, -0.05) is 6.07 Å². The van der Waals surface area contributed by atoms with Gasteiger partial charge in [0.1, 0.15) is 6.54 Å². The summed E-state index contributed by atoms with van der Waals surface area (Å²) in [5, 5.41) is 0. The maximum Gasteiger partial charge on any atom is 0.326 e. The average molecular weight is 374 g/mol. The Hall–Kier alpha value is -3.16. The summed E-state index contributed by atoms with van der Waals surface area (Å²) < 4.78 is 12.7. The predicted molar refractivity (Wildman–Crippen MR) is 96.5 cm³/mol. The third-order valence-corrected chi connectivity index (χ3v) is 4.20. The second-order valence-electron chi connectivity index (χ2n) is 6.01. The maximum absolute atomic E-state index is 12.4. The number of esters is 2. The highest BCUT2D eigenvalue weighted by atomic mass is 16.5. The number of ether oxygens (including phenoxy) is 2. The van der Waals surface area contributed by atoms with Gasteiger partial charge in [0.2, 0.25) is 5.78 Å². The number of methoxy groups -OCH3 is 1. The van der Waals surface area contributed by atoms with E-state index in [1.165, 1.54) is 23.9 Å². The first-order chi connectivity index (χ1) is 12.8. The average Bonchev–Trinajstić information content (AvgIpc) is 2.93. The Morgan fingerprint density at radius 2 is 1.85 bits per heavy atom. The first kappa shape index (κ1) is 20.2. The molecule has 2 heterocycles. The van der Waals surface area contributed by atoms with E-state index in [1.54, 1.807) is 25.1 Å². The van der Waals surface area contributed by atoms with Gasteiger partial charge in [0.15, 0.2) is 6.61 Å². The van der Waals surface area contributed by atoms with Crippen LogP contribution >= 0.6 is 0 Å². The Morgan fingerprint density at radius 3 is 2.52 bits per heavy atom. The van der Waals surface area contributed by atoms with Crippen LogP contribution in [-0.2, 0) is 32.2 Å². The predicted octanol–water partition coefficient (Wildman–Crippen LogP) is 1.26. The molecule has 8 heteroatoms. The molecule has 0 radical (unpaired) electrons. The fourth-order valence-corrected chi connectivity index (χ4v) is 2.73. The summed E-state index contributed by atoms with van der Waals surface area (Å²) in [6, 6.07) is 6.23. The van der Waals surface area contributed by atoms with Gasteiger partial charge >= 0.3 is 11.9 Å². The second kappa shape index (κ2) is 8.98. The number of rotatable bonds is 8. The molecule has 0 aliphatic rings. The number of carbonyl (C=O) groups is 3. The molecule has 0 bridgehead atoms. The van der Waals surface area contributed by atoms with E-state index in [1.807, 2.05) is 11.5 Å². The molecular weight excluding hydrogens is 352 g/mol. The summed E-state index contributed by atoms with van der Waals surface area (Å²) in [6.07, 6.45) is 1.67. The lowest BCUT2D eigenvalue weighted by atomic mass is 10.1. The Kier molecular flexibility index (Phi) is 6.70. The lowest BCUT2D eigenvalue weighted by Gasteiger charge is -2.09. The zero-order chi connectivity index (χ0) is 20.0. The Labute approximate surface area is 156 Å². The summed E-state index contributed by atoms with van der Waals surface area (Å²) in [6.45, 7) is 3.32. The first-order valence-corrected chi connectivity index (χ1v) is 8.41. The largest absolute Gasteiger partial charge is 0.469 e. The van der Waals surface area contributed by atoms with Gasteiger partial charge in [-0.05, 0) is 26.0 Å². The third kappa shape index (κ3) is 5.16. The van der Waals surface area contributed by atoms with Gasteiger partial charge < -0.3 is 18.6 Å². The van der Waals surface area contributed by atoms with Crippen LogP contribution < -0.4 is 5.56 Å². The summed E-state index contributed by atoms with van der Waals surface area (Å²) in [5.74, 6) is -1.35. The van der Waals surface area contributed by atoms with E-state index in [4.69, 9.17) is 4.74 Å². The van der Waals surface area contributed by atoms with Crippen molar-refractivity contribution in [3.8, 4) is 0 Å². The molecule has 0 spiro atoms. The number of hydrogen-bond acceptors (Lipinski definition) is 6. The van der Waals surface area contributed by atoms with Crippen LogP contribution in [0, 0.1) is 13.8 Å².